The van der Waals surface area contributed by atoms with Crippen molar-refractivity contribution < 1.29 is 18.0 Å². The van der Waals surface area contributed by atoms with Crippen molar-refractivity contribution in [3.63, 3.8) is 0 Å². The molecular weight excluding hydrogens is 488 g/mol. The predicted octanol–water partition coefficient (Wildman–Crippen LogP) is 2.87. The molecule has 0 aliphatic carbocycles. The normalized spacial score (nSPS) is 14.8. The maximum absolute atomic E-state index is 13.2. The van der Waals surface area contributed by atoms with Crippen LogP contribution >= 0.6 is 23.4 Å². The molecule has 2 amide bonds. The number of hydrogen-bond donors (Lipinski definition) is 2. The van der Waals surface area contributed by atoms with Crippen molar-refractivity contribution in [2.45, 2.75) is 29.3 Å². The molecule has 170 valence electrons. The van der Waals surface area contributed by atoms with Gasteiger partial charge in [0, 0.05) is 25.6 Å². The zero-order valence-electron chi connectivity index (χ0n) is 17.3. The van der Waals surface area contributed by atoms with Crippen LogP contribution in [-0.4, -0.2) is 40.7 Å². The molecule has 0 fully saturated rings. The summed E-state index contributed by atoms with van der Waals surface area (Å²) in [6, 6.07) is 8.95. The molecule has 3 aromatic rings. The highest BCUT2D eigenvalue weighted by Gasteiger charge is 2.31. The van der Waals surface area contributed by atoms with Crippen LogP contribution in [-0.2, 0) is 19.6 Å². The SMILES string of the molecule is CC(=O)NC1Nc2cnc(-c3cnc(Cl)c(N(C(C)=O)S(=O)(=O)c4ccccc4)c3)nc2S1. The number of halogens is 1. The van der Waals surface area contributed by atoms with Gasteiger partial charge in [-0.15, -0.1) is 0 Å². The molecule has 0 saturated heterocycles. The van der Waals surface area contributed by atoms with Gasteiger partial charge in [-0.1, -0.05) is 41.6 Å². The fraction of sp³-hybridized carbons (Fsp3) is 0.150. The quantitative estimate of drug-likeness (QED) is 0.397. The van der Waals surface area contributed by atoms with Crippen molar-refractivity contribution in [2.24, 2.45) is 0 Å². The van der Waals surface area contributed by atoms with Gasteiger partial charge in [0.1, 0.15) is 5.03 Å². The van der Waals surface area contributed by atoms with Gasteiger partial charge < -0.3 is 10.6 Å². The minimum Gasteiger partial charge on any atom is -0.353 e. The number of thioether (sulfide) groups is 1. The van der Waals surface area contributed by atoms with Gasteiger partial charge in [0.2, 0.25) is 11.8 Å². The van der Waals surface area contributed by atoms with Crippen molar-refractivity contribution in [1.82, 2.24) is 20.3 Å². The summed E-state index contributed by atoms with van der Waals surface area (Å²) in [5.41, 5.74) is 0.499. The molecule has 2 aromatic heterocycles. The molecule has 2 N–H and O–H groups in total. The Morgan fingerprint density at radius 1 is 1.15 bits per heavy atom. The molecular formula is C20H17ClN6O4S2. The van der Waals surface area contributed by atoms with Gasteiger partial charge in [-0.2, -0.15) is 4.31 Å². The second kappa shape index (κ2) is 8.96. The number of aromatic nitrogens is 3. The summed E-state index contributed by atoms with van der Waals surface area (Å²) in [5, 5.41) is 6.22. The summed E-state index contributed by atoms with van der Waals surface area (Å²) in [4.78, 5) is 36.5. The Bertz CT molecular complexity index is 1350. The molecule has 33 heavy (non-hydrogen) atoms. The summed E-state index contributed by atoms with van der Waals surface area (Å²) in [6.07, 6.45) is 2.93. The highest BCUT2D eigenvalue weighted by molar-refractivity contribution is 8.00. The predicted molar refractivity (Wildman–Crippen MR) is 124 cm³/mol. The summed E-state index contributed by atoms with van der Waals surface area (Å²) < 4.78 is 27.0. The second-order valence-electron chi connectivity index (χ2n) is 6.89. The van der Waals surface area contributed by atoms with Crippen LogP contribution in [0.3, 0.4) is 0 Å². The molecule has 1 aliphatic heterocycles. The van der Waals surface area contributed by atoms with E-state index in [9.17, 15) is 18.0 Å². The molecule has 3 heterocycles. The maximum atomic E-state index is 13.2. The summed E-state index contributed by atoms with van der Waals surface area (Å²) in [6.45, 7) is 2.54. The topological polar surface area (TPSA) is 134 Å². The number of amides is 2. The van der Waals surface area contributed by atoms with Crippen LogP contribution in [0.4, 0.5) is 11.4 Å². The first kappa shape index (κ1) is 23.0. The molecule has 0 bridgehead atoms. The molecule has 0 saturated carbocycles. The van der Waals surface area contributed by atoms with Crippen molar-refractivity contribution >= 4 is 56.6 Å². The molecule has 1 aromatic carbocycles. The van der Waals surface area contributed by atoms with E-state index in [1.54, 1.807) is 24.4 Å². The number of pyridine rings is 1. The minimum absolute atomic E-state index is 0.0677. The number of anilines is 2. The molecule has 0 spiro atoms. The average Bonchev–Trinajstić information content (AvgIpc) is 3.16. The van der Waals surface area contributed by atoms with Crippen LogP contribution in [0.25, 0.3) is 11.4 Å². The number of nitrogens with zero attached hydrogens (tertiary/aromatic N) is 4. The number of nitrogens with one attached hydrogen (secondary N) is 2. The summed E-state index contributed by atoms with van der Waals surface area (Å²) >= 11 is 7.51. The zero-order chi connectivity index (χ0) is 23.8. The lowest BCUT2D eigenvalue weighted by Crippen LogP contribution is -2.35. The number of rotatable bonds is 5. The van der Waals surface area contributed by atoms with Crippen LogP contribution in [0.1, 0.15) is 13.8 Å². The van der Waals surface area contributed by atoms with E-state index in [0.717, 1.165) is 6.92 Å². The van der Waals surface area contributed by atoms with Gasteiger partial charge in [0.15, 0.2) is 16.5 Å². The average molecular weight is 505 g/mol. The van der Waals surface area contributed by atoms with Gasteiger partial charge in [0.25, 0.3) is 10.0 Å². The van der Waals surface area contributed by atoms with Crippen molar-refractivity contribution in [3.05, 3.63) is 53.9 Å². The fourth-order valence-electron chi connectivity index (χ4n) is 3.09. The van der Waals surface area contributed by atoms with Crippen LogP contribution in [0.15, 0.2) is 58.7 Å². The number of benzene rings is 1. The first-order chi connectivity index (χ1) is 15.7. The van der Waals surface area contributed by atoms with E-state index in [4.69, 9.17) is 11.6 Å². The van der Waals surface area contributed by atoms with Gasteiger partial charge >= 0.3 is 0 Å². The minimum atomic E-state index is -4.24. The number of fused-ring (bicyclic) bond motifs is 1. The van der Waals surface area contributed by atoms with E-state index >= 15 is 0 Å². The van der Waals surface area contributed by atoms with Gasteiger partial charge in [-0.25, -0.2) is 23.4 Å². The molecule has 1 unspecified atom stereocenters. The van der Waals surface area contributed by atoms with Crippen LogP contribution in [0, 0.1) is 0 Å². The Hall–Kier alpha value is -3.22. The monoisotopic (exact) mass is 504 g/mol. The Morgan fingerprint density at radius 2 is 1.88 bits per heavy atom. The van der Waals surface area contributed by atoms with Gasteiger partial charge in [-0.05, 0) is 18.2 Å². The van der Waals surface area contributed by atoms with E-state index in [1.807, 2.05) is 0 Å². The van der Waals surface area contributed by atoms with Crippen LogP contribution in [0.2, 0.25) is 5.15 Å². The Morgan fingerprint density at radius 3 is 2.55 bits per heavy atom. The van der Waals surface area contributed by atoms with Gasteiger partial charge in [0.05, 0.1) is 22.5 Å². The number of carbonyl (C=O) groups is 2. The third-order valence-electron chi connectivity index (χ3n) is 4.47. The lowest BCUT2D eigenvalue weighted by molar-refractivity contribution is -0.119. The van der Waals surface area contributed by atoms with E-state index in [2.05, 4.69) is 25.6 Å². The number of sulfonamides is 1. The fourth-order valence-corrected chi connectivity index (χ4v) is 5.79. The Labute approximate surface area is 198 Å². The molecule has 10 nitrogen and oxygen atoms in total. The van der Waals surface area contributed by atoms with E-state index in [-0.39, 0.29) is 33.0 Å². The maximum Gasteiger partial charge on any atom is 0.270 e. The standard InChI is InChI=1S/C20H17ClN6O4S2/c1-11(28)24-20-25-15-10-23-18(26-19(15)32-20)13-8-16(17(21)22-9-13)27(12(2)29)33(30,31)14-6-4-3-5-7-14/h3-10,20,25H,1-2H3,(H,24,28). The third-order valence-corrected chi connectivity index (χ3v) is 7.57. The third kappa shape index (κ3) is 4.63. The molecule has 1 aliphatic rings. The lowest BCUT2D eigenvalue weighted by Gasteiger charge is -2.22. The first-order valence-electron chi connectivity index (χ1n) is 9.51. The highest BCUT2D eigenvalue weighted by atomic mass is 35.5. The van der Waals surface area contributed by atoms with Crippen LogP contribution < -0.4 is 14.9 Å². The molecule has 1 atom stereocenters. The van der Waals surface area contributed by atoms with Crippen molar-refractivity contribution in [1.29, 1.82) is 0 Å². The van der Waals surface area contributed by atoms with E-state index in [0.29, 0.717) is 20.6 Å². The largest absolute Gasteiger partial charge is 0.353 e. The van der Waals surface area contributed by atoms with Crippen molar-refractivity contribution in [2.75, 3.05) is 9.62 Å². The number of hydrogen-bond acceptors (Lipinski definition) is 9. The smallest absolute Gasteiger partial charge is 0.270 e. The Balaban J connectivity index is 1.73. The van der Waals surface area contributed by atoms with E-state index in [1.165, 1.54) is 43.1 Å². The Kier molecular flexibility index (Phi) is 6.23. The lowest BCUT2D eigenvalue weighted by atomic mass is 10.2. The summed E-state index contributed by atoms with van der Waals surface area (Å²) in [5.74, 6) is -0.707. The van der Waals surface area contributed by atoms with E-state index < -0.39 is 15.9 Å². The van der Waals surface area contributed by atoms with Crippen LogP contribution in [0.5, 0.6) is 0 Å². The first-order valence-corrected chi connectivity index (χ1v) is 12.2. The van der Waals surface area contributed by atoms with Crippen molar-refractivity contribution in [3.8, 4) is 11.4 Å². The second-order valence-corrected chi connectivity index (χ2v) is 10.1. The van der Waals surface area contributed by atoms with Gasteiger partial charge in [-0.3, -0.25) is 9.59 Å². The zero-order valence-corrected chi connectivity index (χ0v) is 19.7. The molecule has 13 heteroatoms. The molecule has 0 radical (unpaired) electrons. The summed E-state index contributed by atoms with van der Waals surface area (Å²) in [7, 11) is -4.24. The molecule has 4 rings (SSSR count). The highest BCUT2D eigenvalue weighted by Crippen LogP contribution is 2.37. The number of carbonyl (C=O) groups excluding carboxylic acids is 2.